The van der Waals surface area contributed by atoms with E-state index in [-0.39, 0.29) is 0 Å². The maximum atomic E-state index is 10.7. The van der Waals surface area contributed by atoms with Gasteiger partial charge in [0.25, 0.3) is 0 Å². The predicted octanol–water partition coefficient (Wildman–Crippen LogP) is 4.12. The summed E-state index contributed by atoms with van der Waals surface area (Å²) in [6, 6.07) is 10.2. The van der Waals surface area contributed by atoms with Crippen LogP contribution < -0.4 is 0 Å². The van der Waals surface area contributed by atoms with Gasteiger partial charge < -0.3 is 5.11 Å². The van der Waals surface area contributed by atoms with E-state index in [1.807, 2.05) is 38.1 Å². The molecule has 1 N–H and O–H groups in total. The van der Waals surface area contributed by atoms with Crippen LogP contribution in [0.2, 0.25) is 0 Å². The van der Waals surface area contributed by atoms with Crippen molar-refractivity contribution in [2.45, 2.75) is 52.1 Å². The molecule has 0 saturated heterocycles. The SMILES string of the molecule is CCCCC(O)(C=C(C)C)Cc1ccccc1. The molecule has 1 unspecified atom stereocenters. The molecule has 0 amide bonds. The van der Waals surface area contributed by atoms with Gasteiger partial charge in [0.15, 0.2) is 0 Å². The monoisotopic (exact) mass is 232 g/mol. The maximum Gasteiger partial charge on any atom is 0.0870 e. The minimum absolute atomic E-state index is 0.684. The fourth-order valence-electron chi connectivity index (χ4n) is 2.18. The van der Waals surface area contributed by atoms with Crippen molar-refractivity contribution >= 4 is 0 Å². The standard InChI is InChI=1S/C16H24O/c1-4-5-11-16(17,12-14(2)3)13-15-9-7-6-8-10-15/h6-10,12,17H,4-5,11,13H2,1-3H3. The van der Waals surface area contributed by atoms with Crippen molar-refractivity contribution < 1.29 is 5.11 Å². The Hall–Kier alpha value is -1.08. The lowest BCUT2D eigenvalue weighted by atomic mass is 9.88. The Morgan fingerprint density at radius 1 is 1.24 bits per heavy atom. The van der Waals surface area contributed by atoms with Crippen LogP contribution in [0.1, 0.15) is 45.6 Å². The van der Waals surface area contributed by atoms with E-state index in [4.69, 9.17) is 0 Å². The third kappa shape index (κ3) is 5.18. The van der Waals surface area contributed by atoms with E-state index >= 15 is 0 Å². The molecule has 0 fully saturated rings. The summed E-state index contributed by atoms with van der Waals surface area (Å²) in [5.41, 5.74) is 1.69. The normalized spacial score (nSPS) is 14.1. The van der Waals surface area contributed by atoms with Crippen molar-refractivity contribution in [3.05, 3.63) is 47.5 Å². The third-order valence-electron chi connectivity index (χ3n) is 2.87. The first-order chi connectivity index (χ1) is 8.06. The van der Waals surface area contributed by atoms with Crippen LogP contribution in [0.5, 0.6) is 0 Å². The molecule has 17 heavy (non-hydrogen) atoms. The van der Waals surface area contributed by atoms with Gasteiger partial charge in [0, 0.05) is 6.42 Å². The third-order valence-corrected chi connectivity index (χ3v) is 2.87. The van der Waals surface area contributed by atoms with Crippen molar-refractivity contribution in [1.29, 1.82) is 0 Å². The number of hydrogen-bond donors (Lipinski definition) is 1. The smallest absolute Gasteiger partial charge is 0.0870 e. The van der Waals surface area contributed by atoms with Crippen molar-refractivity contribution in [2.24, 2.45) is 0 Å². The zero-order valence-electron chi connectivity index (χ0n) is 11.2. The summed E-state index contributed by atoms with van der Waals surface area (Å²) >= 11 is 0. The summed E-state index contributed by atoms with van der Waals surface area (Å²) in [5.74, 6) is 0. The molecule has 0 aliphatic heterocycles. The zero-order valence-corrected chi connectivity index (χ0v) is 11.2. The highest BCUT2D eigenvalue weighted by molar-refractivity contribution is 5.20. The number of allylic oxidation sites excluding steroid dienone is 1. The number of aliphatic hydroxyl groups is 1. The van der Waals surface area contributed by atoms with Gasteiger partial charge in [-0.15, -0.1) is 0 Å². The lowest BCUT2D eigenvalue weighted by Crippen LogP contribution is -2.29. The van der Waals surface area contributed by atoms with E-state index < -0.39 is 5.60 Å². The van der Waals surface area contributed by atoms with Crippen molar-refractivity contribution in [2.75, 3.05) is 0 Å². The predicted molar refractivity (Wildman–Crippen MR) is 74.1 cm³/mol. The maximum absolute atomic E-state index is 10.7. The lowest BCUT2D eigenvalue weighted by Gasteiger charge is -2.25. The van der Waals surface area contributed by atoms with Gasteiger partial charge in [0.1, 0.15) is 0 Å². The van der Waals surface area contributed by atoms with Crippen LogP contribution in [0.25, 0.3) is 0 Å². The Morgan fingerprint density at radius 3 is 2.41 bits per heavy atom. The first-order valence-electron chi connectivity index (χ1n) is 6.48. The number of rotatable bonds is 6. The summed E-state index contributed by atoms with van der Waals surface area (Å²) in [6.45, 7) is 6.25. The van der Waals surface area contributed by atoms with Gasteiger partial charge in [-0.25, -0.2) is 0 Å². The number of hydrogen-bond acceptors (Lipinski definition) is 1. The molecule has 1 nitrogen and oxygen atoms in total. The van der Waals surface area contributed by atoms with E-state index in [9.17, 15) is 5.11 Å². The Labute approximate surface area is 105 Å². The first-order valence-corrected chi connectivity index (χ1v) is 6.48. The van der Waals surface area contributed by atoms with E-state index in [2.05, 4.69) is 19.1 Å². The average Bonchev–Trinajstić information content (AvgIpc) is 2.26. The second-order valence-corrected chi connectivity index (χ2v) is 5.09. The van der Waals surface area contributed by atoms with E-state index in [0.29, 0.717) is 6.42 Å². The minimum Gasteiger partial charge on any atom is -0.385 e. The van der Waals surface area contributed by atoms with Crippen LogP contribution in [0, 0.1) is 0 Å². The summed E-state index contributed by atoms with van der Waals surface area (Å²) < 4.78 is 0. The van der Waals surface area contributed by atoms with E-state index in [0.717, 1.165) is 19.3 Å². The molecule has 0 aliphatic rings. The van der Waals surface area contributed by atoms with Crippen LogP contribution >= 0.6 is 0 Å². The second-order valence-electron chi connectivity index (χ2n) is 5.09. The fraction of sp³-hybridized carbons (Fsp3) is 0.500. The molecule has 0 saturated carbocycles. The first kappa shape index (κ1) is 14.0. The van der Waals surface area contributed by atoms with Gasteiger partial charge in [-0.2, -0.15) is 0 Å². The summed E-state index contributed by atoms with van der Waals surface area (Å²) in [7, 11) is 0. The van der Waals surface area contributed by atoms with Crippen molar-refractivity contribution in [1.82, 2.24) is 0 Å². The molecule has 0 bridgehead atoms. The Bertz CT molecular complexity index is 349. The largest absolute Gasteiger partial charge is 0.385 e. The molecule has 0 spiro atoms. The molecule has 0 radical (unpaired) electrons. The highest BCUT2D eigenvalue weighted by atomic mass is 16.3. The Kier molecular flexibility index (Phi) is 5.43. The highest BCUT2D eigenvalue weighted by Gasteiger charge is 2.23. The van der Waals surface area contributed by atoms with Gasteiger partial charge in [-0.05, 0) is 25.8 Å². The molecular weight excluding hydrogens is 208 g/mol. The molecule has 1 heteroatoms. The molecule has 0 heterocycles. The molecule has 1 atom stereocenters. The molecule has 0 aromatic heterocycles. The second kappa shape index (κ2) is 6.61. The number of benzene rings is 1. The van der Waals surface area contributed by atoms with Gasteiger partial charge in [0.2, 0.25) is 0 Å². The lowest BCUT2D eigenvalue weighted by molar-refractivity contribution is 0.0785. The van der Waals surface area contributed by atoms with Gasteiger partial charge >= 0.3 is 0 Å². The van der Waals surface area contributed by atoms with Crippen LogP contribution in [0.15, 0.2) is 42.0 Å². The minimum atomic E-state index is -0.684. The zero-order chi connectivity index (χ0) is 12.7. The highest BCUT2D eigenvalue weighted by Crippen LogP contribution is 2.23. The fourth-order valence-corrected chi connectivity index (χ4v) is 2.18. The van der Waals surface area contributed by atoms with Crippen molar-refractivity contribution in [3.8, 4) is 0 Å². The number of unbranched alkanes of at least 4 members (excludes halogenated alkanes) is 1. The molecule has 1 aromatic carbocycles. The summed E-state index contributed by atoms with van der Waals surface area (Å²) in [6.07, 6.45) is 5.74. The topological polar surface area (TPSA) is 20.2 Å². The average molecular weight is 232 g/mol. The van der Waals surface area contributed by atoms with Crippen molar-refractivity contribution in [3.63, 3.8) is 0 Å². The molecular formula is C16H24O. The molecule has 1 rings (SSSR count). The summed E-state index contributed by atoms with van der Waals surface area (Å²) in [5, 5.41) is 10.7. The molecule has 1 aromatic rings. The van der Waals surface area contributed by atoms with Crippen LogP contribution in [0.4, 0.5) is 0 Å². The molecule has 0 aliphatic carbocycles. The Morgan fingerprint density at radius 2 is 1.88 bits per heavy atom. The van der Waals surface area contributed by atoms with Crippen LogP contribution in [0.3, 0.4) is 0 Å². The van der Waals surface area contributed by atoms with Gasteiger partial charge in [0.05, 0.1) is 5.60 Å². The Balaban J connectivity index is 2.80. The van der Waals surface area contributed by atoms with E-state index in [1.54, 1.807) is 0 Å². The van der Waals surface area contributed by atoms with Crippen LogP contribution in [-0.2, 0) is 6.42 Å². The molecule has 94 valence electrons. The van der Waals surface area contributed by atoms with Gasteiger partial charge in [-0.3, -0.25) is 0 Å². The van der Waals surface area contributed by atoms with Gasteiger partial charge in [-0.1, -0.05) is 61.7 Å². The van der Waals surface area contributed by atoms with E-state index in [1.165, 1.54) is 11.1 Å². The quantitative estimate of drug-likeness (QED) is 0.732. The van der Waals surface area contributed by atoms with Crippen LogP contribution in [-0.4, -0.2) is 10.7 Å². The summed E-state index contributed by atoms with van der Waals surface area (Å²) in [4.78, 5) is 0.